The highest BCUT2D eigenvalue weighted by Gasteiger charge is 2.50. The van der Waals surface area contributed by atoms with Gasteiger partial charge in [0.15, 0.2) is 0 Å². The van der Waals surface area contributed by atoms with Crippen LogP contribution in [0.25, 0.3) is 0 Å². The number of hydrogen-bond acceptors (Lipinski definition) is 2. The van der Waals surface area contributed by atoms with Crippen molar-refractivity contribution in [3.63, 3.8) is 0 Å². The summed E-state index contributed by atoms with van der Waals surface area (Å²) in [5, 5.41) is 3.19. The van der Waals surface area contributed by atoms with E-state index in [4.69, 9.17) is 0 Å². The minimum absolute atomic E-state index is 0.0562. The molecule has 0 spiro atoms. The fourth-order valence-corrected chi connectivity index (χ4v) is 4.85. The monoisotopic (exact) mass is 368 g/mol. The molecule has 3 aliphatic rings. The van der Waals surface area contributed by atoms with Crippen LogP contribution in [0.1, 0.15) is 56.9 Å². The summed E-state index contributed by atoms with van der Waals surface area (Å²) in [4.78, 5) is 27.2. The van der Waals surface area contributed by atoms with Crippen LogP contribution < -0.4 is 5.32 Å². The van der Waals surface area contributed by atoms with Gasteiger partial charge in [-0.25, -0.2) is 0 Å². The lowest BCUT2D eigenvalue weighted by molar-refractivity contribution is -0.136. The molecule has 146 valence electrons. The first-order valence-electron chi connectivity index (χ1n) is 10.8. The molecule has 2 atom stereocenters. The Morgan fingerprint density at radius 2 is 1.63 bits per heavy atom. The molecule has 4 nitrogen and oxygen atoms in total. The molecule has 2 unspecified atom stereocenters. The summed E-state index contributed by atoms with van der Waals surface area (Å²) in [5.41, 5.74) is 1.39. The largest absolute Gasteiger partial charge is 0.353 e. The molecule has 3 fully saturated rings. The second kappa shape index (κ2) is 8.45. The van der Waals surface area contributed by atoms with Gasteiger partial charge in [0, 0.05) is 19.1 Å². The molecule has 1 heterocycles. The molecule has 4 heteroatoms. The molecule has 1 aliphatic heterocycles. The van der Waals surface area contributed by atoms with E-state index in [0.29, 0.717) is 12.0 Å². The van der Waals surface area contributed by atoms with Gasteiger partial charge in [-0.1, -0.05) is 49.6 Å². The Kier molecular flexibility index (Phi) is 5.80. The van der Waals surface area contributed by atoms with Gasteiger partial charge in [-0.2, -0.15) is 0 Å². The van der Waals surface area contributed by atoms with E-state index in [2.05, 4.69) is 35.6 Å². The van der Waals surface area contributed by atoms with E-state index in [1.54, 1.807) is 0 Å². The average molecular weight is 369 g/mol. The maximum absolute atomic E-state index is 12.8. The van der Waals surface area contributed by atoms with Gasteiger partial charge in [-0.15, -0.1) is 0 Å². The van der Waals surface area contributed by atoms with Gasteiger partial charge in [0.25, 0.3) is 0 Å². The third kappa shape index (κ3) is 4.72. The van der Waals surface area contributed by atoms with Crippen molar-refractivity contribution < 1.29 is 9.59 Å². The van der Waals surface area contributed by atoms with Crippen molar-refractivity contribution in [1.82, 2.24) is 10.2 Å². The number of likely N-dealkylation sites (tertiary alicyclic amines) is 1. The maximum atomic E-state index is 12.8. The second-order valence-electron chi connectivity index (χ2n) is 8.75. The number of rotatable bonds is 5. The number of carbonyl (C=O) groups excluding carboxylic acids is 2. The van der Waals surface area contributed by atoms with Gasteiger partial charge >= 0.3 is 0 Å². The van der Waals surface area contributed by atoms with Gasteiger partial charge in [-0.3, -0.25) is 9.59 Å². The van der Waals surface area contributed by atoms with Crippen molar-refractivity contribution >= 4 is 11.8 Å². The number of hydrogen-bond donors (Lipinski definition) is 1. The predicted molar refractivity (Wildman–Crippen MR) is 106 cm³/mol. The number of carbonyl (C=O) groups is 2. The molecule has 27 heavy (non-hydrogen) atoms. The molecule has 1 aromatic rings. The Morgan fingerprint density at radius 3 is 2.33 bits per heavy atom. The van der Waals surface area contributed by atoms with Crippen molar-refractivity contribution in [2.24, 2.45) is 17.8 Å². The molecular formula is C23H32N2O2. The molecule has 2 saturated carbocycles. The summed E-state index contributed by atoms with van der Waals surface area (Å²) in [6.45, 7) is 1.70. The lowest BCUT2D eigenvalue weighted by Gasteiger charge is -2.32. The normalized spacial score (nSPS) is 26.6. The van der Waals surface area contributed by atoms with E-state index in [1.165, 1.54) is 24.8 Å². The van der Waals surface area contributed by atoms with E-state index in [0.717, 1.165) is 51.6 Å². The van der Waals surface area contributed by atoms with Crippen LogP contribution in [0, 0.1) is 17.8 Å². The van der Waals surface area contributed by atoms with Gasteiger partial charge < -0.3 is 10.2 Å². The quantitative estimate of drug-likeness (QED) is 0.864. The number of benzene rings is 1. The Balaban J connectivity index is 1.20. The van der Waals surface area contributed by atoms with Crippen molar-refractivity contribution in [1.29, 1.82) is 0 Å². The first-order chi connectivity index (χ1) is 13.2. The van der Waals surface area contributed by atoms with Crippen molar-refractivity contribution in [3.8, 4) is 0 Å². The zero-order valence-corrected chi connectivity index (χ0v) is 16.2. The van der Waals surface area contributed by atoms with E-state index >= 15 is 0 Å². The molecule has 1 saturated heterocycles. The highest BCUT2D eigenvalue weighted by Crippen LogP contribution is 2.41. The Hall–Kier alpha value is -1.84. The summed E-state index contributed by atoms with van der Waals surface area (Å²) in [5.74, 6) is 0.887. The minimum atomic E-state index is -0.0681. The molecular weight excluding hydrogens is 336 g/mol. The number of amides is 2. The molecule has 0 aromatic heterocycles. The SMILES string of the molecule is O=C(NC1CCCCC1)C1CC1C(=O)N1CCC(Cc2ccccc2)CC1. The third-order valence-electron chi connectivity index (χ3n) is 6.69. The minimum Gasteiger partial charge on any atom is -0.353 e. The molecule has 0 bridgehead atoms. The van der Waals surface area contributed by atoms with E-state index in [9.17, 15) is 9.59 Å². The highest BCUT2D eigenvalue weighted by atomic mass is 16.2. The zero-order chi connectivity index (χ0) is 18.6. The Morgan fingerprint density at radius 1 is 0.926 bits per heavy atom. The number of piperidine rings is 1. The summed E-state index contributed by atoms with van der Waals surface area (Å²) >= 11 is 0. The van der Waals surface area contributed by atoms with Gasteiger partial charge in [0.1, 0.15) is 0 Å². The average Bonchev–Trinajstić information content (AvgIpc) is 3.51. The van der Waals surface area contributed by atoms with E-state index in [1.807, 2.05) is 4.90 Å². The molecule has 2 aliphatic carbocycles. The van der Waals surface area contributed by atoms with Crippen LogP contribution in [0.2, 0.25) is 0 Å². The van der Waals surface area contributed by atoms with Gasteiger partial charge in [0.2, 0.25) is 11.8 Å². The van der Waals surface area contributed by atoms with Crippen molar-refractivity contribution in [3.05, 3.63) is 35.9 Å². The van der Waals surface area contributed by atoms with E-state index in [-0.39, 0.29) is 23.7 Å². The molecule has 0 radical (unpaired) electrons. The topological polar surface area (TPSA) is 49.4 Å². The van der Waals surface area contributed by atoms with Crippen molar-refractivity contribution in [2.75, 3.05) is 13.1 Å². The van der Waals surface area contributed by atoms with Crippen molar-refractivity contribution in [2.45, 2.75) is 63.8 Å². The molecule has 1 aromatic carbocycles. The van der Waals surface area contributed by atoms with Crippen LogP contribution in [0.5, 0.6) is 0 Å². The fraction of sp³-hybridized carbons (Fsp3) is 0.652. The molecule has 4 rings (SSSR count). The highest BCUT2D eigenvalue weighted by molar-refractivity contribution is 5.92. The van der Waals surface area contributed by atoms with E-state index < -0.39 is 0 Å². The van der Waals surface area contributed by atoms with Crippen LogP contribution in [0.15, 0.2) is 30.3 Å². The smallest absolute Gasteiger partial charge is 0.226 e. The zero-order valence-electron chi connectivity index (χ0n) is 16.2. The Bertz CT molecular complexity index is 646. The van der Waals surface area contributed by atoms with Crippen LogP contribution >= 0.6 is 0 Å². The van der Waals surface area contributed by atoms with Gasteiger partial charge in [-0.05, 0) is 50.0 Å². The van der Waals surface area contributed by atoms with Crippen LogP contribution in [0.3, 0.4) is 0 Å². The second-order valence-corrected chi connectivity index (χ2v) is 8.75. The first kappa shape index (κ1) is 18.5. The van der Waals surface area contributed by atoms with Crippen LogP contribution in [-0.2, 0) is 16.0 Å². The van der Waals surface area contributed by atoms with Crippen LogP contribution in [0.4, 0.5) is 0 Å². The maximum Gasteiger partial charge on any atom is 0.226 e. The molecule has 1 N–H and O–H groups in total. The molecule has 2 amide bonds. The standard InChI is InChI=1S/C23H32N2O2/c26-22(24-19-9-5-2-6-10-19)20-16-21(20)23(27)25-13-11-18(12-14-25)15-17-7-3-1-4-8-17/h1,3-4,7-8,18-21H,2,5-6,9-16H2,(H,24,26). The number of nitrogens with zero attached hydrogens (tertiary/aromatic N) is 1. The summed E-state index contributed by atoms with van der Waals surface area (Å²) in [6, 6.07) is 11.0. The summed E-state index contributed by atoms with van der Waals surface area (Å²) < 4.78 is 0. The van der Waals surface area contributed by atoms with Gasteiger partial charge in [0.05, 0.1) is 11.8 Å². The lowest BCUT2D eigenvalue weighted by atomic mass is 9.90. The predicted octanol–water partition coefficient (Wildman–Crippen LogP) is 3.55. The number of nitrogens with one attached hydrogen (secondary N) is 1. The first-order valence-corrected chi connectivity index (χ1v) is 10.8. The fourth-order valence-electron chi connectivity index (χ4n) is 4.85. The van der Waals surface area contributed by atoms with Crippen LogP contribution in [-0.4, -0.2) is 35.8 Å². The summed E-state index contributed by atoms with van der Waals surface area (Å²) in [6.07, 6.45) is 9.94. The Labute approximate surface area is 162 Å². The summed E-state index contributed by atoms with van der Waals surface area (Å²) in [7, 11) is 0. The lowest BCUT2D eigenvalue weighted by Crippen LogP contribution is -2.41. The third-order valence-corrected chi connectivity index (χ3v) is 6.69.